The predicted octanol–water partition coefficient (Wildman–Crippen LogP) is 5.52. The number of hydrogen-bond donors (Lipinski definition) is 0. The summed E-state index contributed by atoms with van der Waals surface area (Å²) in [5.41, 5.74) is 0.164. The minimum atomic E-state index is -3.68. The van der Waals surface area contributed by atoms with Crippen molar-refractivity contribution in [2.45, 2.75) is 115 Å². The van der Waals surface area contributed by atoms with Crippen molar-refractivity contribution in [2.24, 2.45) is 0 Å². The standard InChI is InChI=1S/C18H36O2.C7H5NO3S.Mg/c1-2-3-4-5-6-7-8-9-10-11-12-13-14-15-16-17-18(19)20;9-7-5-3-1-2-4-6(5)12(10,11)8-7;/h2-17H2,1H3,(H,19,20);1-4H,(H,8,9);/q;;+2/p-2. The Bertz CT molecular complexity index is 783. The number of nitrogens with zero attached hydrogens (tertiary/aromatic N) is 1. The molecule has 182 valence electrons. The van der Waals surface area contributed by atoms with Gasteiger partial charge in [0.15, 0.2) is 0 Å². The number of carbonyl (C=O) groups excluding carboxylic acids is 2. The number of fused-ring (bicyclic) bond motifs is 1. The van der Waals surface area contributed by atoms with E-state index in [9.17, 15) is 23.1 Å². The van der Waals surface area contributed by atoms with Crippen LogP contribution in [0.2, 0.25) is 0 Å². The second-order valence-electron chi connectivity index (χ2n) is 8.44. The molecular formula is C25H39MgNO5S. The molecule has 0 saturated carbocycles. The van der Waals surface area contributed by atoms with Gasteiger partial charge in [0.2, 0.25) is 0 Å². The zero-order valence-corrected chi connectivity index (χ0v) is 22.5. The van der Waals surface area contributed by atoms with E-state index >= 15 is 0 Å². The molecule has 0 radical (unpaired) electrons. The van der Waals surface area contributed by atoms with E-state index in [1.165, 1.54) is 95.6 Å². The molecule has 0 aromatic heterocycles. The van der Waals surface area contributed by atoms with E-state index in [4.69, 9.17) is 0 Å². The number of amides is 1. The average Bonchev–Trinajstić information content (AvgIpc) is 3.00. The summed E-state index contributed by atoms with van der Waals surface area (Å²) in [7, 11) is -3.68. The van der Waals surface area contributed by atoms with Gasteiger partial charge in [-0.25, -0.2) is 8.42 Å². The Morgan fingerprint density at radius 1 is 0.788 bits per heavy atom. The van der Waals surface area contributed by atoms with Crippen molar-refractivity contribution in [3.63, 3.8) is 0 Å². The molecule has 1 aromatic carbocycles. The maximum atomic E-state index is 11.1. The summed E-state index contributed by atoms with van der Waals surface area (Å²) >= 11 is 0. The van der Waals surface area contributed by atoms with Crippen LogP contribution in [0.3, 0.4) is 0 Å². The summed E-state index contributed by atoms with van der Waals surface area (Å²) in [5.74, 6) is -1.58. The molecular weight excluding hydrogens is 451 g/mol. The topological polar surface area (TPSA) is 105 Å². The summed E-state index contributed by atoms with van der Waals surface area (Å²) in [6, 6.07) is 5.99. The third kappa shape index (κ3) is 14.7. The molecule has 0 unspecified atom stereocenters. The summed E-state index contributed by atoms with van der Waals surface area (Å²) in [4.78, 5) is 21.2. The number of rotatable bonds is 16. The molecule has 6 nitrogen and oxygen atoms in total. The number of unbranched alkanes of at least 4 members (excludes halogenated alkanes) is 14. The van der Waals surface area contributed by atoms with Gasteiger partial charge in [-0.2, -0.15) is 0 Å². The second-order valence-corrected chi connectivity index (χ2v) is 10.0. The Morgan fingerprint density at radius 2 is 1.21 bits per heavy atom. The van der Waals surface area contributed by atoms with Gasteiger partial charge in [0.25, 0.3) is 0 Å². The predicted molar refractivity (Wildman–Crippen MR) is 132 cm³/mol. The molecule has 1 amide bonds. The van der Waals surface area contributed by atoms with Gasteiger partial charge in [-0.05, 0) is 18.9 Å². The molecule has 0 aliphatic carbocycles. The van der Waals surface area contributed by atoms with Gasteiger partial charge in [0.05, 0.1) is 10.8 Å². The molecule has 0 spiro atoms. The van der Waals surface area contributed by atoms with E-state index in [1.54, 1.807) is 12.1 Å². The Hall–Kier alpha value is -1.12. The molecule has 1 aliphatic heterocycles. The van der Waals surface area contributed by atoms with Crippen molar-refractivity contribution in [1.29, 1.82) is 0 Å². The van der Waals surface area contributed by atoms with Crippen molar-refractivity contribution >= 4 is 45.0 Å². The van der Waals surface area contributed by atoms with Gasteiger partial charge < -0.3 is 19.4 Å². The van der Waals surface area contributed by atoms with Crippen molar-refractivity contribution in [3.05, 3.63) is 34.6 Å². The van der Waals surface area contributed by atoms with Gasteiger partial charge >= 0.3 is 23.1 Å². The number of sulfonamides is 1. The fourth-order valence-corrected chi connectivity index (χ4v) is 4.82. The van der Waals surface area contributed by atoms with Crippen LogP contribution < -0.4 is 5.11 Å². The van der Waals surface area contributed by atoms with Gasteiger partial charge in [-0.1, -0.05) is 115 Å². The number of carboxylic acid groups (broad SMARTS) is 1. The molecule has 1 aliphatic rings. The van der Waals surface area contributed by atoms with Crippen LogP contribution in [0, 0.1) is 0 Å². The molecule has 0 bridgehead atoms. The SMILES string of the molecule is CCCCCCCCCCCCCCCCCC(=O)[O-].O=C1[N-]S(=O)(=O)c2ccccc21.[Mg+2]. The first-order valence-corrected chi connectivity index (χ1v) is 13.6. The van der Waals surface area contributed by atoms with Crippen molar-refractivity contribution in [1.82, 2.24) is 0 Å². The van der Waals surface area contributed by atoms with Gasteiger partial charge in [-0.3, -0.25) is 0 Å². The minimum absolute atomic E-state index is 0. The third-order valence-electron chi connectivity index (χ3n) is 5.58. The van der Waals surface area contributed by atoms with Crippen LogP contribution in [0.1, 0.15) is 120 Å². The van der Waals surface area contributed by atoms with Crippen LogP contribution in [-0.4, -0.2) is 43.3 Å². The summed E-state index contributed by atoms with van der Waals surface area (Å²) in [6.45, 7) is 2.27. The van der Waals surface area contributed by atoms with E-state index in [0.717, 1.165) is 12.8 Å². The molecule has 1 heterocycles. The van der Waals surface area contributed by atoms with Gasteiger partial charge in [0.1, 0.15) is 10.0 Å². The summed E-state index contributed by atoms with van der Waals surface area (Å²) in [6.07, 6.45) is 19.9. The average molecular weight is 490 g/mol. The van der Waals surface area contributed by atoms with E-state index in [1.807, 2.05) is 0 Å². The van der Waals surface area contributed by atoms with E-state index < -0.39 is 21.9 Å². The normalized spacial score (nSPS) is 13.3. The number of hydrogen-bond acceptors (Lipinski definition) is 5. The fourth-order valence-electron chi connectivity index (χ4n) is 3.72. The van der Waals surface area contributed by atoms with Crippen LogP contribution in [0.15, 0.2) is 29.2 Å². The molecule has 0 fully saturated rings. The molecule has 1 aromatic rings. The Kier molecular flexibility index (Phi) is 18.6. The summed E-state index contributed by atoms with van der Waals surface area (Å²) < 4.78 is 25.2. The first kappa shape index (κ1) is 31.9. The summed E-state index contributed by atoms with van der Waals surface area (Å²) in [5, 5.41) is 10.2. The maximum Gasteiger partial charge on any atom is 2.00 e. The number of aliphatic carboxylic acids is 1. The largest absolute Gasteiger partial charge is 2.00 e. The molecule has 33 heavy (non-hydrogen) atoms. The maximum absolute atomic E-state index is 11.1. The number of carboxylic acids is 1. The smallest absolute Gasteiger partial charge is 0.550 e. The first-order valence-electron chi connectivity index (χ1n) is 12.2. The van der Waals surface area contributed by atoms with Crippen LogP contribution in [0.5, 0.6) is 0 Å². The molecule has 0 N–H and O–H groups in total. The molecule has 0 saturated heterocycles. The van der Waals surface area contributed by atoms with Crippen LogP contribution in [0.25, 0.3) is 4.72 Å². The third-order valence-corrected chi connectivity index (χ3v) is 6.90. The van der Waals surface area contributed by atoms with Crippen LogP contribution >= 0.6 is 0 Å². The van der Waals surface area contributed by atoms with E-state index in [2.05, 4.69) is 11.6 Å². The monoisotopic (exact) mass is 489 g/mol. The van der Waals surface area contributed by atoms with Gasteiger partial charge in [-0.15, -0.1) is 0 Å². The molecule has 0 atom stereocenters. The Balaban J connectivity index is 0.000000666. The molecule has 2 rings (SSSR count). The van der Waals surface area contributed by atoms with Crippen molar-refractivity contribution < 1.29 is 23.1 Å². The second kappa shape index (κ2) is 19.2. The zero-order valence-electron chi connectivity index (χ0n) is 20.2. The molecule has 8 heteroatoms. The number of benzene rings is 1. The van der Waals surface area contributed by atoms with E-state index in [0.29, 0.717) is 0 Å². The van der Waals surface area contributed by atoms with Gasteiger partial charge in [0, 0.05) is 11.5 Å². The van der Waals surface area contributed by atoms with Crippen molar-refractivity contribution in [2.75, 3.05) is 0 Å². The minimum Gasteiger partial charge on any atom is -0.550 e. The number of carbonyl (C=O) groups is 2. The Morgan fingerprint density at radius 3 is 1.64 bits per heavy atom. The first-order chi connectivity index (χ1) is 15.4. The van der Waals surface area contributed by atoms with Crippen LogP contribution in [0.4, 0.5) is 0 Å². The van der Waals surface area contributed by atoms with E-state index in [-0.39, 0.29) is 39.9 Å². The van der Waals surface area contributed by atoms with Crippen molar-refractivity contribution in [3.8, 4) is 0 Å². The quantitative estimate of drug-likeness (QED) is 0.224. The van der Waals surface area contributed by atoms with Crippen LogP contribution in [-0.2, 0) is 14.8 Å². The Labute approximate surface area is 216 Å². The zero-order chi connectivity index (χ0) is 23.7. The fraction of sp³-hybridized carbons (Fsp3) is 0.680.